The molecule has 146 valence electrons. The number of hydrogen-bond acceptors (Lipinski definition) is 6. The van der Waals surface area contributed by atoms with Crippen molar-refractivity contribution in [1.29, 1.82) is 0 Å². The van der Waals surface area contributed by atoms with Gasteiger partial charge in [0.2, 0.25) is 0 Å². The van der Waals surface area contributed by atoms with Gasteiger partial charge in [-0.25, -0.2) is 4.98 Å². The predicted octanol–water partition coefficient (Wildman–Crippen LogP) is 5.23. The second kappa shape index (κ2) is 7.89. The molecule has 0 bridgehead atoms. The summed E-state index contributed by atoms with van der Waals surface area (Å²) in [5, 5.41) is 3.30. The number of carbonyl (C=O) groups excluding carboxylic acids is 2. The minimum absolute atomic E-state index is 0.00139. The van der Waals surface area contributed by atoms with Crippen LogP contribution in [-0.4, -0.2) is 16.7 Å². The van der Waals surface area contributed by atoms with Gasteiger partial charge >= 0.3 is 0 Å². The summed E-state index contributed by atoms with van der Waals surface area (Å²) < 4.78 is 12.2. The molecule has 0 aliphatic heterocycles. The van der Waals surface area contributed by atoms with Crippen molar-refractivity contribution in [2.75, 3.05) is 5.32 Å². The van der Waals surface area contributed by atoms with E-state index in [0.29, 0.717) is 22.2 Å². The number of nitrogens with zero attached hydrogens (tertiary/aromatic N) is 1. The maximum Gasteiger partial charge on any atom is 0.293 e. The number of benzene rings is 2. The van der Waals surface area contributed by atoms with Gasteiger partial charge in [-0.1, -0.05) is 17.4 Å². The lowest BCUT2D eigenvalue weighted by molar-refractivity contribution is 0.0990. The van der Waals surface area contributed by atoms with E-state index in [-0.39, 0.29) is 24.1 Å². The first-order valence-electron chi connectivity index (χ1n) is 8.99. The summed E-state index contributed by atoms with van der Waals surface area (Å²) in [6.07, 6.45) is 0. The Balaban J connectivity index is 1.38. The van der Waals surface area contributed by atoms with Gasteiger partial charge in [0.15, 0.2) is 16.7 Å². The molecule has 7 heteroatoms. The number of rotatable bonds is 6. The van der Waals surface area contributed by atoms with Crippen LogP contribution < -0.4 is 10.1 Å². The number of aryl methyl sites for hydroxylation is 1. The van der Waals surface area contributed by atoms with E-state index in [2.05, 4.69) is 10.3 Å². The van der Waals surface area contributed by atoms with E-state index in [0.717, 1.165) is 15.8 Å². The van der Waals surface area contributed by atoms with Crippen LogP contribution in [0, 0.1) is 6.92 Å². The van der Waals surface area contributed by atoms with E-state index in [4.69, 9.17) is 9.15 Å². The van der Waals surface area contributed by atoms with Gasteiger partial charge in [-0.2, -0.15) is 0 Å². The molecule has 0 spiro atoms. The highest BCUT2D eigenvalue weighted by molar-refractivity contribution is 7.22. The van der Waals surface area contributed by atoms with E-state index in [1.807, 2.05) is 25.1 Å². The molecule has 0 saturated heterocycles. The topological polar surface area (TPSA) is 81.4 Å². The molecular formula is C22H18N2O4S. The van der Waals surface area contributed by atoms with Crippen LogP contribution in [0.2, 0.25) is 0 Å². The molecule has 0 saturated carbocycles. The zero-order valence-electron chi connectivity index (χ0n) is 15.9. The Bertz CT molecular complexity index is 1190. The number of thiazole rings is 1. The van der Waals surface area contributed by atoms with E-state index in [1.54, 1.807) is 36.4 Å². The fourth-order valence-corrected chi connectivity index (χ4v) is 3.72. The van der Waals surface area contributed by atoms with Crippen molar-refractivity contribution < 1.29 is 18.7 Å². The highest BCUT2D eigenvalue weighted by atomic mass is 32.1. The third-order valence-electron chi connectivity index (χ3n) is 4.29. The Morgan fingerprint density at radius 2 is 1.90 bits per heavy atom. The molecule has 2 aromatic carbocycles. The molecule has 0 unspecified atom stereocenters. The number of Topliss-reactive ketones (excluding diaryl/α,β-unsaturated/α-hetero) is 1. The standard InChI is InChI=1S/C22H18N2O4S/c1-13-3-9-18-20(11-13)29-22(23-18)24-21(26)19-10-8-17(28-19)12-27-16-6-4-15(5-7-16)14(2)25/h3-11H,12H2,1-2H3,(H,23,24,26). The van der Waals surface area contributed by atoms with Crippen molar-refractivity contribution in [3.05, 3.63) is 77.2 Å². The van der Waals surface area contributed by atoms with Gasteiger partial charge in [-0.05, 0) is 67.9 Å². The van der Waals surface area contributed by atoms with Crippen molar-refractivity contribution in [1.82, 2.24) is 4.98 Å². The van der Waals surface area contributed by atoms with E-state index >= 15 is 0 Å². The van der Waals surface area contributed by atoms with Crippen LogP contribution in [0.25, 0.3) is 10.2 Å². The molecular weight excluding hydrogens is 388 g/mol. The summed E-state index contributed by atoms with van der Waals surface area (Å²) in [5.74, 6) is 0.957. The average molecular weight is 406 g/mol. The smallest absolute Gasteiger partial charge is 0.293 e. The van der Waals surface area contributed by atoms with Gasteiger partial charge in [-0.3, -0.25) is 14.9 Å². The number of ketones is 1. The number of fused-ring (bicyclic) bond motifs is 1. The second-order valence-corrected chi connectivity index (χ2v) is 7.61. The van der Waals surface area contributed by atoms with Gasteiger partial charge in [0.1, 0.15) is 18.1 Å². The molecule has 1 amide bonds. The molecule has 2 heterocycles. The largest absolute Gasteiger partial charge is 0.486 e. The summed E-state index contributed by atoms with van der Waals surface area (Å²) in [6.45, 7) is 3.70. The van der Waals surface area contributed by atoms with Crippen molar-refractivity contribution in [3.8, 4) is 5.75 Å². The van der Waals surface area contributed by atoms with E-state index in [9.17, 15) is 9.59 Å². The van der Waals surface area contributed by atoms with Crippen LogP contribution in [0.4, 0.5) is 5.13 Å². The molecule has 6 nitrogen and oxygen atoms in total. The normalized spacial score (nSPS) is 10.8. The van der Waals surface area contributed by atoms with Crippen molar-refractivity contribution >= 4 is 38.4 Å². The third kappa shape index (κ3) is 4.35. The van der Waals surface area contributed by atoms with E-state index < -0.39 is 0 Å². The SMILES string of the molecule is CC(=O)c1ccc(OCc2ccc(C(=O)Nc3nc4ccc(C)cc4s3)o2)cc1. The zero-order valence-corrected chi connectivity index (χ0v) is 16.7. The van der Waals surface area contributed by atoms with Crippen molar-refractivity contribution in [2.24, 2.45) is 0 Å². The number of aromatic nitrogens is 1. The maximum atomic E-state index is 12.4. The van der Waals surface area contributed by atoms with E-state index in [1.165, 1.54) is 18.3 Å². The molecule has 0 radical (unpaired) electrons. The molecule has 0 atom stereocenters. The van der Waals surface area contributed by atoms with Gasteiger partial charge in [0, 0.05) is 5.56 Å². The van der Waals surface area contributed by atoms with Crippen LogP contribution >= 0.6 is 11.3 Å². The Kier molecular flexibility index (Phi) is 5.14. The molecule has 2 aromatic heterocycles. The number of carbonyl (C=O) groups is 2. The summed E-state index contributed by atoms with van der Waals surface area (Å²) in [5.41, 5.74) is 2.62. The second-order valence-electron chi connectivity index (χ2n) is 6.58. The molecule has 4 aromatic rings. The number of hydrogen-bond donors (Lipinski definition) is 1. The first-order valence-corrected chi connectivity index (χ1v) is 9.80. The van der Waals surface area contributed by atoms with Crippen LogP contribution in [0.3, 0.4) is 0 Å². The first-order chi connectivity index (χ1) is 14.0. The number of ether oxygens (including phenoxy) is 1. The van der Waals surface area contributed by atoms with Gasteiger partial charge in [-0.15, -0.1) is 0 Å². The van der Waals surface area contributed by atoms with Crippen molar-refractivity contribution in [3.63, 3.8) is 0 Å². The highest BCUT2D eigenvalue weighted by Crippen LogP contribution is 2.27. The number of nitrogens with one attached hydrogen (secondary N) is 1. The Hall–Kier alpha value is -3.45. The van der Waals surface area contributed by atoms with Crippen LogP contribution in [0.15, 0.2) is 59.0 Å². The average Bonchev–Trinajstić information content (AvgIpc) is 3.33. The Morgan fingerprint density at radius 1 is 1.10 bits per heavy atom. The lowest BCUT2D eigenvalue weighted by Gasteiger charge is -2.04. The van der Waals surface area contributed by atoms with Crippen LogP contribution in [0.1, 0.15) is 39.2 Å². The van der Waals surface area contributed by atoms with Crippen molar-refractivity contribution in [2.45, 2.75) is 20.5 Å². The Labute approximate surface area is 171 Å². The lowest BCUT2D eigenvalue weighted by Crippen LogP contribution is -2.10. The number of amides is 1. The van der Waals surface area contributed by atoms with Gasteiger partial charge in [0.05, 0.1) is 10.2 Å². The molecule has 0 aliphatic rings. The lowest BCUT2D eigenvalue weighted by atomic mass is 10.1. The van der Waals surface area contributed by atoms with Crippen LogP contribution in [0.5, 0.6) is 5.75 Å². The highest BCUT2D eigenvalue weighted by Gasteiger charge is 2.14. The minimum atomic E-state index is -0.363. The quantitative estimate of drug-likeness (QED) is 0.443. The first kappa shape index (κ1) is 18.9. The summed E-state index contributed by atoms with van der Waals surface area (Å²) >= 11 is 1.42. The molecule has 4 rings (SSSR count). The third-order valence-corrected chi connectivity index (χ3v) is 5.23. The number of furan rings is 1. The molecule has 29 heavy (non-hydrogen) atoms. The van der Waals surface area contributed by atoms with Gasteiger partial charge in [0.25, 0.3) is 5.91 Å². The fourth-order valence-electron chi connectivity index (χ4n) is 2.76. The summed E-state index contributed by atoms with van der Waals surface area (Å²) in [6, 6.07) is 16.1. The van der Waals surface area contributed by atoms with Crippen LogP contribution in [-0.2, 0) is 6.61 Å². The minimum Gasteiger partial charge on any atom is -0.486 e. The predicted molar refractivity (Wildman–Crippen MR) is 112 cm³/mol. The fraction of sp³-hybridized carbons (Fsp3) is 0.136. The molecule has 0 aliphatic carbocycles. The molecule has 0 fully saturated rings. The zero-order chi connectivity index (χ0) is 20.4. The molecule has 1 N–H and O–H groups in total. The maximum absolute atomic E-state index is 12.4. The monoisotopic (exact) mass is 406 g/mol. The number of anilines is 1. The summed E-state index contributed by atoms with van der Waals surface area (Å²) in [4.78, 5) is 28.2. The summed E-state index contributed by atoms with van der Waals surface area (Å²) in [7, 11) is 0. The van der Waals surface area contributed by atoms with Gasteiger partial charge < -0.3 is 9.15 Å². The Morgan fingerprint density at radius 3 is 2.66 bits per heavy atom.